The zero-order chi connectivity index (χ0) is 18.5. The van der Waals surface area contributed by atoms with Gasteiger partial charge in [-0.25, -0.2) is 4.39 Å². The monoisotopic (exact) mass is 388 g/mol. The molecule has 0 bridgehead atoms. The maximum absolute atomic E-state index is 12.9. The van der Waals surface area contributed by atoms with Gasteiger partial charge in [0.05, 0.1) is 10.2 Å². The molecule has 0 saturated carbocycles. The van der Waals surface area contributed by atoms with Crippen LogP contribution in [0.4, 0.5) is 4.39 Å². The van der Waals surface area contributed by atoms with Gasteiger partial charge in [0.25, 0.3) is 0 Å². The van der Waals surface area contributed by atoms with E-state index in [0.29, 0.717) is 12.2 Å². The van der Waals surface area contributed by atoms with Crippen molar-refractivity contribution >= 4 is 39.2 Å². The summed E-state index contributed by atoms with van der Waals surface area (Å²) in [6, 6.07) is 12.6. The van der Waals surface area contributed by atoms with Crippen LogP contribution in [0.5, 0.6) is 0 Å². The number of carbonyl (C=O) groups excluding carboxylic acids is 1. The number of hydrogen-bond donors (Lipinski definition) is 0. The molecule has 1 amide bonds. The number of aromatic nitrogens is 1. The fraction of sp³-hybridized carbons (Fsp3) is 0.300. The highest BCUT2D eigenvalue weighted by Crippen LogP contribution is 2.20. The number of thiazole rings is 1. The molecule has 2 aromatic carbocycles. The zero-order valence-electron chi connectivity index (χ0n) is 14.9. The minimum Gasteiger partial charge on any atom is -0.316 e. The van der Waals surface area contributed by atoms with Crippen LogP contribution >= 0.6 is 23.1 Å². The quantitative estimate of drug-likeness (QED) is 0.546. The van der Waals surface area contributed by atoms with Crippen molar-refractivity contribution in [2.24, 2.45) is 4.99 Å². The predicted molar refractivity (Wildman–Crippen MR) is 107 cm³/mol. The Morgan fingerprint density at radius 1 is 1.23 bits per heavy atom. The van der Waals surface area contributed by atoms with Crippen LogP contribution in [0.1, 0.15) is 25.3 Å². The fourth-order valence-corrected chi connectivity index (χ4v) is 4.67. The molecule has 0 aliphatic carbocycles. The molecular formula is C20H21FN2OS2. The van der Waals surface area contributed by atoms with Gasteiger partial charge in [0.1, 0.15) is 5.82 Å². The van der Waals surface area contributed by atoms with E-state index in [1.54, 1.807) is 23.5 Å². The van der Waals surface area contributed by atoms with Gasteiger partial charge in [-0.15, -0.1) is 11.8 Å². The van der Waals surface area contributed by atoms with E-state index in [1.807, 2.05) is 0 Å². The van der Waals surface area contributed by atoms with Gasteiger partial charge in [-0.1, -0.05) is 24.3 Å². The number of halogens is 1. The van der Waals surface area contributed by atoms with Gasteiger partial charge in [-0.2, -0.15) is 4.99 Å². The number of carbonyl (C=O) groups is 1. The van der Waals surface area contributed by atoms with E-state index in [2.05, 4.69) is 41.6 Å². The number of rotatable bonds is 6. The molecule has 0 radical (unpaired) electrons. The molecule has 3 nitrogen and oxygen atoms in total. The molecular weight excluding hydrogens is 367 g/mol. The standard InChI is InChI=1S/C20H21FN2OS2/c1-3-11-23-17-9-4-14(2)13-18(17)26-20(23)22-19(24)10-12-25-16-7-5-15(21)6-8-16/h4-9,13H,3,10-12H2,1-2H3. The Morgan fingerprint density at radius 3 is 2.73 bits per heavy atom. The van der Waals surface area contributed by atoms with Crippen molar-refractivity contribution in [1.29, 1.82) is 0 Å². The van der Waals surface area contributed by atoms with Gasteiger partial charge in [0.15, 0.2) is 4.80 Å². The Labute approximate surface area is 160 Å². The van der Waals surface area contributed by atoms with Crippen LogP contribution in [0, 0.1) is 12.7 Å². The molecule has 6 heteroatoms. The molecule has 0 aliphatic rings. The number of benzene rings is 2. The summed E-state index contributed by atoms with van der Waals surface area (Å²) in [5.74, 6) is 0.264. The normalized spacial score (nSPS) is 12.0. The molecule has 0 aliphatic heterocycles. The van der Waals surface area contributed by atoms with Crippen LogP contribution in [0.2, 0.25) is 0 Å². The third-order valence-corrected chi connectivity index (χ3v) is 5.96. The lowest BCUT2D eigenvalue weighted by Gasteiger charge is -2.03. The second kappa shape index (κ2) is 8.64. The lowest BCUT2D eigenvalue weighted by Crippen LogP contribution is -2.16. The first-order valence-electron chi connectivity index (χ1n) is 8.62. The average molecular weight is 389 g/mol. The zero-order valence-corrected chi connectivity index (χ0v) is 16.5. The smallest absolute Gasteiger partial charge is 0.249 e. The summed E-state index contributed by atoms with van der Waals surface area (Å²) in [6.07, 6.45) is 1.35. The maximum atomic E-state index is 12.9. The second-order valence-electron chi connectivity index (χ2n) is 6.07. The Hall–Kier alpha value is -1.92. The summed E-state index contributed by atoms with van der Waals surface area (Å²) in [6.45, 7) is 5.03. The highest BCUT2D eigenvalue weighted by molar-refractivity contribution is 7.99. The molecule has 0 spiro atoms. The van der Waals surface area contributed by atoms with Crippen LogP contribution < -0.4 is 4.80 Å². The third-order valence-electron chi connectivity index (χ3n) is 3.90. The van der Waals surface area contributed by atoms with Crippen LogP contribution in [0.3, 0.4) is 0 Å². The van der Waals surface area contributed by atoms with Crippen LogP contribution in [-0.4, -0.2) is 16.2 Å². The van der Waals surface area contributed by atoms with Crippen LogP contribution in [-0.2, 0) is 11.3 Å². The first-order valence-corrected chi connectivity index (χ1v) is 10.4. The van der Waals surface area contributed by atoms with Crippen molar-refractivity contribution in [2.45, 2.75) is 38.1 Å². The third kappa shape index (κ3) is 4.62. The highest BCUT2D eigenvalue weighted by Gasteiger charge is 2.08. The molecule has 0 N–H and O–H groups in total. The summed E-state index contributed by atoms with van der Waals surface area (Å²) >= 11 is 3.10. The van der Waals surface area contributed by atoms with E-state index < -0.39 is 0 Å². The van der Waals surface area contributed by atoms with Crippen LogP contribution in [0.15, 0.2) is 52.4 Å². The molecule has 0 fully saturated rings. The number of nitrogens with zero attached hydrogens (tertiary/aromatic N) is 2. The van der Waals surface area contributed by atoms with Gasteiger partial charge in [-0.3, -0.25) is 4.79 Å². The van der Waals surface area contributed by atoms with Gasteiger partial charge >= 0.3 is 0 Å². The Kier molecular flexibility index (Phi) is 6.27. The average Bonchev–Trinajstić information content (AvgIpc) is 2.93. The Bertz CT molecular complexity index is 974. The van der Waals surface area contributed by atoms with Crippen molar-refractivity contribution in [3.8, 4) is 0 Å². The number of hydrogen-bond acceptors (Lipinski definition) is 3. The van der Waals surface area contributed by atoms with Crippen LogP contribution in [0.25, 0.3) is 10.2 Å². The summed E-state index contributed by atoms with van der Waals surface area (Å²) in [7, 11) is 0. The molecule has 0 unspecified atom stereocenters. The van der Waals surface area contributed by atoms with E-state index in [1.165, 1.54) is 29.5 Å². The molecule has 1 aromatic heterocycles. The lowest BCUT2D eigenvalue weighted by atomic mass is 10.2. The number of amides is 1. The van der Waals surface area contributed by atoms with E-state index in [4.69, 9.17) is 0 Å². The molecule has 3 aromatic rings. The fourth-order valence-electron chi connectivity index (χ4n) is 2.66. The largest absolute Gasteiger partial charge is 0.316 e. The lowest BCUT2D eigenvalue weighted by molar-refractivity contribution is -0.117. The molecule has 3 rings (SSSR count). The van der Waals surface area contributed by atoms with Gasteiger partial charge in [0.2, 0.25) is 5.91 Å². The summed E-state index contributed by atoms with van der Waals surface area (Å²) in [5.41, 5.74) is 2.34. The van der Waals surface area contributed by atoms with Crippen molar-refractivity contribution in [2.75, 3.05) is 5.75 Å². The van der Waals surface area contributed by atoms with E-state index in [9.17, 15) is 9.18 Å². The van der Waals surface area contributed by atoms with Crippen molar-refractivity contribution in [3.05, 3.63) is 58.6 Å². The van der Waals surface area contributed by atoms with Gasteiger partial charge < -0.3 is 4.57 Å². The predicted octanol–water partition coefficient (Wildman–Crippen LogP) is 5.17. The minimum atomic E-state index is -0.249. The second-order valence-corrected chi connectivity index (χ2v) is 8.24. The molecule has 26 heavy (non-hydrogen) atoms. The van der Waals surface area contributed by atoms with E-state index in [0.717, 1.165) is 32.9 Å². The summed E-state index contributed by atoms with van der Waals surface area (Å²) in [5, 5.41) is 0. The Balaban J connectivity index is 1.74. The molecule has 136 valence electrons. The van der Waals surface area contributed by atoms with Gasteiger partial charge in [0, 0.05) is 23.6 Å². The van der Waals surface area contributed by atoms with E-state index in [-0.39, 0.29) is 11.7 Å². The van der Waals surface area contributed by atoms with Crippen molar-refractivity contribution in [3.63, 3.8) is 0 Å². The van der Waals surface area contributed by atoms with Gasteiger partial charge in [-0.05, 0) is 55.3 Å². The molecule has 1 heterocycles. The molecule has 0 saturated heterocycles. The first kappa shape index (κ1) is 18.9. The number of thioether (sulfide) groups is 1. The first-order chi connectivity index (χ1) is 12.6. The Morgan fingerprint density at radius 2 is 2.00 bits per heavy atom. The number of aryl methyl sites for hydroxylation is 2. The number of fused-ring (bicyclic) bond motifs is 1. The summed E-state index contributed by atoms with van der Waals surface area (Å²) in [4.78, 5) is 18.4. The highest BCUT2D eigenvalue weighted by atomic mass is 32.2. The topological polar surface area (TPSA) is 34.4 Å². The molecule has 0 atom stereocenters. The minimum absolute atomic E-state index is 0.118. The maximum Gasteiger partial charge on any atom is 0.249 e. The summed E-state index contributed by atoms with van der Waals surface area (Å²) < 4.78 is 16.2. The van der Waals surface area contributed by atoms with E-state index >= 15 is 0 Å². The SMILES string of the molecule is CCCn1c(=NC(=O)CCSc2ccc(F)cc2)sc2cc(C)ccc21. The van der Waals surface area contributed by atoms with Crippen molar-refractivity contribution < 1.29 is 9.18 Å². The van der Waals surface area contributed by atoms with Crippen molar-refractivity contribution in [1.82, 2.24) is 4.57 Å².